The summed E-state index contributed by atoms with van der Waals surface area (Å²) < 4.78 is 36.6. The summed E-state index contributed by atoms with van der Waals surface area (Å²) in [6, 6.07) is 1.44. The number of aryl methyl sites for hydroxylation is 1. The van der Waals surface area contributed by atoms with Crippen LogP contribution in [-0.4, -0.2) is 21.7 Å². The Labute approximate surface area is 84.2 Å². The second-order valence-corrected chi connectivity index (χ2v) is 2.96. The third-order valence-corrected chi connectivity index (χ3v) is 1.58. The van der Waals surface area contributed by atoms with Gasteiger partial charge in [0.15, 0.2) is 0 Å². The van der Waals surface area contributed by atoms with Crippen molar-refractivity contribution in [2.45, 2.75) is 12.6 Å². The zero-order valence-corrected chi connectivity index (χ0v) is 7.95. The smallest absolute Gasteiger partial charge is 0.287 e. The minimum Gasteiger partial charge on any atom is -0.287 e. The van der Waals surface area contributed by atoms with Gasteiger partial charge in [-0.3, -0.25) is 9.48 Å². The molecule has 0 saturated carbocycles. The van der Waals surface area contributed by atoms with E-state index in [4.69, 9.17) is 0 Å². The zero-order chi connectivity index (χ0) is 11.5. The zero-order valence-electron chi connectivity index (χ0n) is 7.95. The van der Waals surface area contributed by atoms with Crippen molar-refractivity contribution in [3.05, 3.63) is 30.1 Å². The van der Waals surface area contributed by atoms with E-state index >= 15 is 0 Å². The molecule has 0 unspecified atom stereocenters. The molecule has 1 aromatic heterocycles. The van der Waals surface area contributed by atoms with Crippen LogP contribution in [0.1, 0.15) is 16.9 Å². The average molecular weight is 218 g/mol. The molecule has 6 heteroatoms. The maximum Gasteiger partial charge on any atom is 0.392 e. The van der Waals surface area contributed by atoms with Crippen LogP contribution in [0, 0.1) is 0 Å². The van der Waals surface area contributed by atoms with Gasteiger partial charge in [0.2, 0.25) is 5.78 Å². The standard InChI is InChI=1S/C9H9F3N2O/c1-14-6-4-7(13-14)8(15)3-2-5-9(10,11)12/h2-4,6H,5H2,1H3/b3-2+. The first-order chi connectivity index (χ1) is 6.88. The maximum absolute atomic E-state index is 11.7. The van der Waals surface area contributed by atoms with Crippen LogP contribution in [-0.2, 0) is 7.05 Å². The number of carbonyl (C=O) groups excluding carboxylic acids is 1. The van der Waals surface area contributed by atoms with Gasteiger partial charge in [-0.15, -0.1) is 0 Å². The Hall–Kier alpha value is -1.59. The number of hydrogen-bond donors (Lipinski definition) is 0. The third-order valence-electron chi connectivity index (χ3n) is 1.58. The number of ketones is 1. The summed E-state index contributed by atoms with van der Waals surface area (Å²) in [6.45, 7) is 0. The molecule has 0 aliphatic heterocycles. The van der Waals surface area contributed by atoms with E-state index in [1.165, 1.54) is 10.7 Å². The normalized spacial score (nSPS) is 12.3. The molecule has 0 saturated heterocycles. The predicted octanol–water partition coefficient (Wildman–Crippen LogP) is 2.11. The van der Waals surface area contributed by atoms with Crippen molar-refractivity contribution < 1.29 is 18.0 Å². The van der Waals surface area contributed by atoms with Crippen molar-refractivity contribution in [1.82, 2.24) is 9.78 Å². The fraction of sp³-hybridized carbons (Fsp3) is 0.333. The highest BCUT2D eigenvalue weighted by atomic mass is 19.4. The average Bonchev–Trinajstić information content (AvgIpc) is 2.49. The molecule has 0 aliphatic rings. The molecule has 0 aromatic carbocycles. The van der Waals surface area contributed by atoms with Crippen molar-refractivity contribution in [1.29, 1.82) is 0 Å². The lowest BCUT2D eigenvalue weighted by Crippen LogP contribution is -2.05. The van der Waals surface area contributed by atoms with Gasteiger partial charge in [-0.25, -0.2) is 0 Å². The minimum atomic E-state index is -4.28. The molecule has 0 atom stereocenters. The number of allylic oxidation sites excluding steroid dienone is 2. The Bertz CT molecular complexity index is 379. The molecule has 15 heavy (non-hydrogen) atoms. The Morgan fingerprint density at radius 2 is 2.27 bits per heavy atom. The Morgan fingerprint density at radius 3 is 2.73 bits per heavy atom. The topological polar surface area (TPSA) is 34.9 Å². The summed E-state index contributed by atoms with van der Waals surface area (Å²) in [6.07, 6.45) is -2.16. The number of nitrogens with zero attached hydrogens (tertiary/aromatic N) is 2. The first-order valence-corrected chi connectivity index (χ1v) is 4.16. The maximum atomic E-state index is 11.7. The van der Waals surface area contributed by atoms with E-state index in [-0.39, 0.29) is 5.69 Å². The SMILES string of the molecule is Cn1ccc(C(=O)/C=C/CC(F)(F)F)n1. The first-order valence-electron chi connectivity index (χ1n) is 4.16. The number of hydrogen-bond acceptors (Lipinski definition) is 2. The van der Waals surface area contributed by atoms with Crippen LogP contribution in [0.4, 0.5) is 13.2 Å². The molecular formula is C9H9F3N2O. The highest BCUT2D eigenvalue weighted by Crippen LogP contribution is 2.19. The minimum absolute atomic E-state index is 0.135. The van der Waals surface area contributed by atoms with Crippen molar-refractivity contribution in [2.24, 2.45) is 7.05 Å². The molecule has 0 bridgehead atoms. The summed E-state index contributed by atoms with van der Waals surface area (Å²) in [5.41, 5.74) is 0.135. The number of rotatable bonds is 3. The van der Waals surface area contributed by atoms with Crippen molar-refractivity contribution in [2.75, 3.05) is 0 Å². The quantitative estimate of drug-likeness (QED) is 0.575. The van der Waals surface area contributed by atoms with Crippen LogP contribution in [0.15, 0.2) is 24.4 Å². The summed E-state index contributed by atoms with van der Waals surface area (Å²) in [7, 11) is 1.62. The predicted molar refractivity (Wildman–Crippen MR) is 47.4 cm³/mol. The fourth-order valence-electron chi connectivity index (χ4n) is 0.931. The highest BCUT2D eigenvalue weighted by Gasteiger charge is 2.24. The number of carbonyl (C=O) groups is 1. The Morgan fingerprint density at radius 1 is 1.60 bits per heavy atom. The van der Waals surface area contributed by atoms with E-state index < -0.39 is 18.4 Å². The van der Waals surface area contributed by atoms with Crippen LogP contribution < -0.4 is 0 Å². The number of alkyl halides is 3. The van der Waals surface area contributed by atoms with Gasteiger partial charge in [-0.05, 0) is 12.1 Å². The summed E-state index contributed by atoms with van der Waals surface area (Å²) in [5.74, 6) is -0.528. The van der Waals surface area contributed by atoms with Crippen LogP contribution in [0.25, 0.3) is 0 Å². The van der Waals surface area contributed by atoms with Crippen molar-refractivity contribution in [3.8, 4) is 0 Å². The van der Waals surface area contributed by atoms with Crippen LogP contribution in [0.2, 0.25) is 0 Å². The molecule has 0 amide bonds. The van der Waals surface area contributed by atoms with E-state index in [1.807, 2.05) is 0 Å². The van der Waals surface area contributed by atoms with Gasteiger partial charge >= 0.3 is 6.18 Å². The number of aromatic nitrogens is 2. The molecule has 3 nitrogen and oxygen atoms in total. The molecule has 82 valence electrons. The molecular weight excluding hydrogens is 209 g/mol. The lowest BCUT2D eigenvalue weighted by Gasteiger charge is -1.99. The second-order valence-electron chi connectivity index (χ2n) is 2.96. The van der Waals surface area contributed by atoms with Crippen molar-refractivity contribution >= 4 is 5.78 Å². The van der Waals surface area contributed by atoms with Crippen LogP contribution >= 0.6 is 0 Å². The molecule has 1 aromatic rings. The van der Waals surface area contributed by atoms with Crippen molar-refractivity contribution in [3.63, 3.8) is 0 Å². The van der Waals surface area contributed by atoms with E-state index in [0.29, 0.717) is 0 Å². The largest absolute Gasteiger partial charge is 0.392 e. The third kappa shape index (κ3) is 3.97. The molecule has 0 radical (unpaired) electrons. The van der Waals surface area contributed by atoms with Crippen LogP contribution in [0.3, 0.4) is 0 Å². The van der Waals surface area contributed by atoms with Gasteiger partial charge in [-0.1, -0.05) is 6.08 Å². The lowest BCUT2D eigenvalue weighted by atomic mass is 10.2. The highest BCUT2D eigenvalue weighted by molar-refractivity contribution is 6.02. The van der Waals surface area contributed by atoms with Gasteiger partial charge in [0.1, 0.15) is 5.69 Å². The molecule has 0 spiro atoms. The van der Waals surface area contributed by atoms with E-state index in [9.17, 15) is 18.0 Å². The van der Waals surface area contributed by atoms with E-state index in [1.54, 1.807) is 13.2 Å². The summed E-state index contributed by atoms with van der Waals surface area (Å²) in [5, 5.41) is 3.76. The summed E-state index contributed by atoms with van der Waals surface area (Å²) >= 11 is 0. The number of halogens is 3. The van der Waals surface area contributed by atoms with Gasteiger partial charge in [0.05, 0.1) is 6.42 Å². The van der Waals surface area contributed by atoms with E-state index in [0.717, 1.165) is 12.2 Å². The van der Waals surface area contributed by atoms with Gasteiger partial charge in [0, 0.05) is 13.2 Å². The summed E-state index contributed by atoms with van der Waals surface area (Å²) in [4.78, 5) is 11.2. The van der Waals surface area contributed by atoms with E-state index in [2.05, 4.69) is 5.10 Å². The Kier molecular flexibility index (Phi) is 3.28. The molecule has 1 rings (SSSR count). The second kappa shape index (κ2) is 4.29. The van der Waals surface area contributed by atoms with Gasteiger partial charge < -0.3 is 0 Å². The first kappa shape index (κ1) is 11.5. The Balaban J connectivity index is 2.57. The lowest BCUT2D eigenvalue weighted by molar-refractivity contribution is -0.125. The monoisotopic (exact) mass is 218 g/mol. The van der Waals surface area contributed by atoms with Crippen LogP contribution in [0.5, 0.6) is 0 Å². The molecule has 1 heterocycles. The molecule has 0 N–H and O–H groups in total. The molecule has 0 aliphatic carbocycles. The van der Waals surface area contributed by atoms with Gasteiger partial charge in [0.25, 0.3) is 0 Å². The fourth-order valence-corrected chi connectivity index (χ4v) is 0.931. The van der Waals surface area contributed by atoms with Gasteiger partial charge in [-0.2, -0.15) is 18.3 Å². The molecule has 0 fully saturated rings.